The highest BCUT2D eigenvalue weighted by atomic mass is 16.6. The minimum absolute atomic E-state index is 0.124. The molecule has 0 fully saturated rings. The quantitative estimate of drug-likeness (QED) is 0.0262. The number of hydrogen-bond donors (Lipinski definition) is 0. The van der Waals surface area contributed by atoms with E-state index in [1.165, 1.54) is 25.7 Å². The lowest BCUT2D eigenvalue weighted by Crippen LogP contribution is -2.30. The van der Waals surface area contributed by atoms with Crippen molar-refractivity contribution in [3.05, 3.63) is 146 Å². The zero-order valence-corrected chi connectivity index (χ0v) is 44.0. The van der Waals surface area contributed by atoms with Gasteiger partial charge in [-0.15, -0.1) is 0 Å². The molecule has 0 heterocycles. The van der Waals surface area contributed by atoms with Crippen molar-refractivity contribution in [3.8, 4) is 0 Å². The first-order valence-corrected chi connectivity index (χ1v) is 27.3. The van der Waals surface area contributed by atoms with Crippen LogP contribution in [0.2, 0.25) is 0 Å². The molecule has 0 aliphatic rings. The van der Waals surface area contributed by atoms with Crippen LogP contribution in [0.4, 0.5) is 0 Å². The lowest BCUT2D eigenvalue weighted by molar-refractivity contribution is -0.167. The normalized spacial score (nSPS) is 13.3. The zero-order chi connectivity index (χ0) is 50.0. The van der Waals surface area contributed by atoms with Crippen LogP contribution in [0, 0.1) is 0 Å². The van der Waals surface area contributed by atoms with Crippen LogP contribution in [0.3, 0.4) is 0 Å². The zero-order valence-electron chi connectivity index (χ0n) is 44.0. The summed E-state index contributed by atoms with van der Waals surface area (Å²) < 4.78 is 16.8. The molecule has 0 amide bonds. The van der Waals surface area contributed by atoms with Crippen molar-refractivity contribution in [2.45, 2.75) is 219 Å². The highest BCUT2D eigenvalue weighted by molar-refractivity contribution is 5.71. The molecule has 0 bridgehead atoms. The molecule has 0 aromatic rings. The Morgan fingerprint density at radius 2 is 0.580 bits per heavy atom. The van der Waals surface area contributed by atoms with Crippen LogP contribution in [0.25, 0.3) is 0 Å². The van der Waals surface area contributed by atoms with Crippen LogP contribution in [-0.2, 0) is 28.6 Å². The minimum Gasteiger partial charge on any atom is -0.462 e. The van der Waals surface area contributed by atoms with E-state index in [1.54, 1.807) is 0 Å². The molecule has 0 spiro atoms. The van der Waals surface area contributed by atoms with Gasteiger partial charge in [0.1, 0.15) is 13.2 Å². The number of allylic oxidation sites excluding steroid dienone is 24. The first-order chi connectivity index (χ1) is 34.0. The second-order valence-corrected chi connectivity index (χ2v) is 17.4. The van der Waals surface area contributed by atoms with Crippen LogP contribution in [0.1, 0.15) is 213 Å². The molecule has 1 atom stereocenters. The number of esters is 3. The van der Waals surface area contributed by atoms with Crippen molar-refractivity contribution in [2.24, 2.45) is 0 Å². The molecule has 0 saturated heterocycles. The van der Waals surface area contributed by atoms with Gasteiger partial charge in [0.2, 0.25) is 0 Å². The Hall–Kier alpha value is -4.71. The lowest BCUT2D eigenvalue weighted by atomic mass is 10.1. The van der Waals surface area contributed by atoms with Gasteiger partial charge in [0, 0.05) is 19.3 Å². The van der Waals surface area contributed by atoms with Crippen LogP contribution < -0.4 is 0 Å². The predicted molar refractivity (Wildman–Crippen MR) is 297 cm³/mol. The van der Waals surface area contributed by atoms with E-state index < -0.39 is 6.10 Å². The van der Waals surface area contributed by atoms with Gasteiger partial charge < -0.3 is 14.2 Å². The van der Waals surface area contributed by atoms with Gasteiger partial charge in [-0.3, -0.25) is 14.4 Å². The monoisotopic (exact) mass is 951 g/mol. The maximum Gasteiger partial charge on any atom is 0.306 e. The fraction of sp³-hybridized carbons (Fsp3) is 0.571. The van der Waals surface area contributed by atoms with Crippen LogP contribution >= 0.6 is 0 Å². The lowest BCUT2D eigenvalue weighted by Gasteiger charge is -2.18. The molecular formula is C63H98O6. The second-order valence-electron chi connectivity index (χ2n) is 17.4. The van der Waals surface area contributed by atoms with Crippen molar-refractivity contribution in [1.29, 1.82) is 0 Å². The number of unbranched alkanes of at least 4 members (excludes halogenated alkanes) is 12. The third kappa shape index (κ3) is 54.1. The number of rotatable bonds is 47. The maximum absolute atomic E-state index is 12.8. The molecule has 0 aromatic carbocycles. The molecule has 6 nitrogen and oxygen atoms in total. The molecule has 0 radical (unpaired) electrons. The van der Waals surface area contributed by atoms with E-state index in [-0.39, 0.29) is 44.0 Å². The van der Waals surface area contributed by atoms with Gasteiger partial charge in [-0.25, -0.2) is 0 Å². The predicted octanol–water partition coefficient (Wildman–Crippen LogP) is 18.4. The SMILES string of the molecule is CC/C=C\C/C=C\C/C=C\C/C=C\C/C=C\CCCC(=O)OC[C@H](COC(=O)CCCCCC/C=C\C/C=C\C/C=C\CCCCC)OC(=O)CCCCCC/C=C\C/C=C\C/C=C\C/C=C\CC. The van der Waals surface area contributed by atoms with Gasteiger partial charge in [-0.1, -0.05) is 205 Å². The molecule has 0 aliphatic heterocycles. The molecule has 0 N–H and O–H groups in total. The molecule has 0 saturated carbocycles. The fourth-order valence-corrected chi connectivity index (χ4v) is 6.77. The Balaban J connectivity index is 4.60. The largest absolute Gasteiger partial charge is 0.462 e. The summed E-state index contributed by atoms with van der Waals surface area (Å²) in [5, 5.41) is 0. The Bertz CT molecular complexity index is 1560. The number of carbonyl (C=O) groups excluding carboxylic acids is 3. The van der Waals surface area contributed by atoms with E-state index in [4.69, 9.17) is 14.2 Å². The summed E-state index contributed by atoms with van der Waals surface area (Å²) in [4.78, 5) is 38.1. The molecule has 386 valence electrons. The van der Waals surface area contributed by atoms with Gasteiger partial charge in [-0.2, -0.15) is 0 Å². The summed E-state index contributed by atoms with van der Waals surface area (Å²) >= 11 is 0. The average molecular weight is 951 g/mol. The maximum atomic E-state index is 12.8. The summed E-state index contributed by atoms with van der Waals surface area (Å²) in [7, 11) is 0. The van der Waals surface area contributed by atoms with Crippen molar-refractivity contribution in [3.63, 3.8) is 0 Å². The van der Waals surface area contributed by atoms with Crippen molar-refractivity contribution < 1.29 is 28.6 Å². The molecule has 0 aromatic heterocycles. The number of hydrogen-bond acceptors (Lipinski definition) is 6. The van der Waals surface area contributed by atoms with Crippen LogP contribution in [0.15, 0.2) is 146 Å². The average Bonchev–Trinajstić information content (AvgIpc) is 3.35. The summed E-state index contributed by atoms with van der Waals surface area (Å²) in [6.07, 6.45) is 79.7. The van der Waals surface area contributed by atoms with Crippen molar-refractivity contribution in [2.75, 3.05) is 13.2 Å². The summed E-state index contributed by atoms with van der Waals surface area (Å²) in [5.41, 5.74) is 0. The Labute approximate surface area is 423 Å². The summed E-state index contributed by atoms with van der Waals surface area (Å²) in [5.74, 6) is -1.04. The first-order valence-electron chi connectivity index (χ1n) is 27.3. The van der Waals surface area contributed by atoms with E-state index in [0.717, 1.165) is 141 Å². The van der Waals surface area contributed by atoms with E-state index in [9.17, 15) is 14.4 Å². The fourth-order valence-electron chi connectivity index (χ4n) is 6.77. The molecule has 6 heteroatoms. The minimum atomic E-state index is -0.830. The molecular weight excluding hydrogens is 853 g/mol. The van der Waals surface area contributed by atoms with E-state index in [1.807, 2.05) is 0 Å². The number of carbonyl (C=O) groups is 3. The van der Waals surface area contributed by atoms with E-state index in [0.29, 0.717) is 12.8 Å². The first kappa shape index (κ1) is 64.3. The van der Waals surface area contributed by atoms with E-state index >= 15 is 0 Å². The topological polar surface area (TPSA) is 78.9 Å². The van der Waals surface area contributed by atoms with Gasteiger partial charge in [0.05, 0.1) is 0 Å². The van der Waals surface area contributed by atoms with Gasteiger partial charge >= 0.3 is 17.9 Å². The molecule has 69 heavy (non-hydrogen) atoms. The van der Waals surface area contributed by atoms with Gasteiger partial charge in [0.15, 0.2) is 6.10 Å². The smallest absolute Gasteiger partial charge is 0.306 e. The molecule has 0 unspecified atom stereocenters. The third-order valence-electron chi connectivity index (χ3n) is 10.8. The highest BCUT2D eigenvalue weighted by Crippen LogP contribution is 2.12. The summed E-state index contributed by atoms with van der Waals surface area (Å²) in [6, 6.07) is 0. The molecule has 0 rings (SSSR count). The van der Waals surface area contributed by atoms with Crippen LogP contribution in [-0.4, -0.2) is 37.2 Å². The third-order valence-corrected chi connectivity index (χ3v) is 10.8. The van der Waals surface area contributed by atoms with Crippen molar-refractivity contribution in [1.82, 2.24) is 0 Å². The Morgan fingerprint density at radius 3 is 0.928 bits per heavy atom. The second kappa shape index (κ2) is 55.9. The Morgan fingerprint density at radius 1 is 0.304 bits per heavy atom. The molecule has 0 aliphatic carbocycles. The van der Waals surface area contributed by atoms with Gasteiger partial charge in [-0.05, 0) is 135 Å². The van der Waals surface area contributed by atoms with E-state index in [2.05, 4.69) is 167 Å². The standard InChI is InChI=1S/C63H98O6/c1-4-7-10-13-16-19-22-25-28-31-34-37-40-43-46-49-52-55-61(64)67-58-60(69-63(66)57-54-51-48-45-42-39-36-33-30-27-24-21-18-15-12-9-6-3)59-68-62(65)56-53-50-47-44-41-38-35-32-29-26-23-20-17-14-11-8-5-2/h7,9-10,12,16-21,25-30,34-39,43,46,60H,4-6,8,11,13-15,22-24,31-33,40-42,44-45,47-59H2,1-3H3/b10-7-,12-9-,19-16-,20-17-,21-18-,28-25-,29-26-,30-27-,37-34-,38-35-,39-36-,46-43-/t60-/m1/s1. The number of ether oxygens (including phenoxy) is 3. The summed E-state index contributed by atoms with van der Waals surface area (Å²) in [6.45, 7) is 6.27. The van der Waals surface area contributed by atoms with Gasteiger partial charge in [0.25, 0.3) is 0 Å². The Kier molecular flexibility index (Phi) is 52.1. The van der Waals surface area contributed by atoms with Crippen molar-refractivity contribution >= 4 is 17.9 Å². The van der Waals surface area contributed by atoms with Crippen LogP contribution in [0.5, 0.6) is 0 Å². The highest BCUT2D eigenvalue weighted by Gasteiger charge is 2.19.